The number of aliphatic hydroxyl groups excluding tert-OH is 3. The Morgan fingerprint density at radius 3 is 1.03 bits per heavy atom. The minimum absolute atomic E-state index is 0.0194. The van der Waals surface area contributed by atoms with Crippen molar-refractivity contribution in [1.82, 2.24) is 0 Å². The molecule has 0 aliphatic rings. The lowest BCUT2D eigenvalue weighted by molar-refractivity contribution is -0.153. The van der Waals surface area contributed by atoms with E-state index in [0.717, 1.165) is 19.3 Å². The van der Waals surface area contributed by atoms with Crippen molar-refractivity contribution in [3.63, 3.8) is 0 Å². The summed E-state index contributed by atoms with van der Waals surface area (Å²) in [6, 6.07) is 0. The van der Waals surface area contributed by atoms with Gasteiger partial charge in [0.1, 0.15) is 19.8 Å². The topological polar surface area (TPSA) is 140 Å². The monoisotopic (exact) mass is 448 g/mol. The van der Waals surface area contributed by atoms with Crippen LogP contribution in [0.4, 0.5) is 0 Å². The molecule has 31 heavy (non-hydrogen) atoms. The number of ether oxygens (including phenoxy) is 3. The molecule has 0 aromatic carbocycles. The lowest BCUT2D eigenvalue weighted by Crippen LogP contribution is -2.26. The summed E-state index contributed by atoms with van der Waals surface area (Å²) in [5.74, 6) is -1.60. The molecule has 9 nitrogen and oxygen atoms in total. The number of hydrogen-bond acceptors (Lipinski definition) is 9. The molecule has 0 rings (SSSR count). The first-order chi connectivity index (χ1) is 15.0. The maximum Gasteiger partial charge on any atom is 0.305 e. The number of hydrogen-bond donors (Lipinski definition) is 3. The summed E-state index contributed by atoms with van der Waals surface area (Å²) in [7, 11) is 0. The van der Waals surface area contributed by atoms with Crippen molar-refractivity contribution in [2.45, 2.75) is 77.0 Å². The number of carbonyl (C=O) groups excluding carboxylic acids is 3. The highest BCUT2D eigenvalue weighted by atomic mass is 16.6. The van der Waals surface area contributed by atoms with Crippen LogP contribution in [0.25, 0.3) is 0 Å². The van der Waals surface area contributed by atoms with Gasteiger partial charge in [-0.25, -0.2) is 0 Å². The van der Waals surface area contributed by atoms with Crippen LogP contribution in [0.1, 0.15) is 77.0 Å². The number of unbranched alkanes of at least 4 members (excludes halogenated alkanes) is 6. The standard InChI is InChI=1S/C22H40O9/c23-13-7-1-4-10-20(26)29-16-19(17-30-21(27)11-5-2-8-14-24)18-31-22(28)12-6-3-9-15-25/h19,23-25H,1-18H2. The van der Waals surface area contributed by atoms with Gasteiger partial charge in [0.2, 0.25) is 0 Å². The van der Waals surface area contributed by atoms with Gasteiger partial charge in [0.15, 0.2) is 0 Å². The van der Waals surface area contributed by atoms with Crippen LogP contribution in [0.15, 0.2) is 0 Å². The lowest BCUT2D eigenvalue weighted by atomic mass is 10.1. The van der Waals surface area contributed by atoms with Crippen molar-refractivity contribution in [1.29, 1.82) is 0 Å². The zero-order valence-corrected chi connectivity index (χ0v) is 18.6. The minimum atomic E-state index is -0.454. The molecule has 0 heterocycles. The molecule has 0 bridgehead atoms. The second-order valence-corrected chi connectivity index (χ2v) is 7.52. The summed E-state index contributed by atoms with van der Waals surface area (Å²) in [4.78, 5) is 35.6. The molecule has 0 aliphatic heterocycles. The van der Waals surface area contributed by atoms with E-state index in [9.17, 15) is 14.4 Å². The number of carbonyl (C=O) groups is 3. The SMILES string of the molecule is O=C(CCCCCO)OCC(COC(=O)CCCCCO)COC(=O)CCCCCO. The van der Waals surface area contributed by atoms with Crippen molar-refractivity contribution in [2.75, 3.05) is 39.6 Å². The van der Waals surface area contributed by atoms with E-state index in [1.54, 1.807) is 0 Å². The molecular weight excluding hydrogens is 408 g/mol. The maximum absolute atomic E-state index is 11.9. The van der Waals surface area contributed by atoms with E-state index in [1.165, 1.54) is 0 Å². The van der Waals surface area contributed by atoms with E-state index in [-0.39, 0.29) is 76.8 Å². The third kappa shape index (κ3) is 20.0. The highest BCUT2D eigenvalue weighted by Crippen LogP contribution is 2.08. The number of esters is 3. The average Bonchev–Trinajstić information content (AvgIpc) is 2.76. The van der Waals surface area contributed by atoms with Crippen LogP contribution < -0.4 is 0 Å². The van der Waals surface area contributed by atoms with E-state index >= 15 is 0 Å². The predicted octanol–water partition coefficient (Wildman–Crippen LogP) is 1.89. The first-order valence-electron chi connectivity index (χ1n) is 11.3. The van der Waals surface area contributed by atoms with Crippen molar-refractivity contribution in [3.05, 3.63) is 0 Å². The molecule has 0 spiro atoms. The second-order valence-electron chi connectivity index (χ2n) is 7.52. The van der Waals surface area contributed by atoms with Crippen LogP contribution >= 0.6 is 0 Å². The molecule has 182 valence electrons. The highest BCUT2D eigenvalue weighted by molar-refractivity contribution is 5.70. The fraction of sp³-hybridized carbons (Fsp3) is 0.864. The van der Waals surface area contributed by atoms with Gasteiger partial charge in [-0.3, -0.25) is 14.4 Å². The van der Waals surface area contributed by atoms with E-state index in [4.69, 9.17) is 29.5 Å². The molecule has 9 heteroatoms. The molecule has 0 aliphatic carbocycles. The van der Waals surface area contributed by atoms with Crippen molar-refractivity contribution in [2.24, 2.45) is 5.92 Å². The second kappa shape index (κ2) is 21.5. The van der Waals surface area contributed by atoms with Crippen LogP contribution in [0.5, 0.6) is 0 Å². The molecule has 0 unspecified atom stereocenters. The van der Waals surface area contributed by atoms with Crippen molar-refractivity contribution in [3.8, 4) is 0 Å². The molecule has 0 radical (unpaired) electrons. The summed E-state index contributed by atoms with van der Waals surface area (Å²) < 4.78 is 15.7. The van der Waals surface area contributed by atoms with Crippen LogP contribution in [0.3, 0.4) is 0 Å². The molecule has 3 N–H and O–H groups in total. The lowest BCUT2D eigenvalue weighted by Gasteiger charge is -2.17. The normalized spacial score (nSPS) is 10.8. The molecule has 0 amide bonds. The highest BCUT2D eigenvalue weighted by Gasteiger charge is 2.17. The Morgan fingerprint density at radius 2 is 0.774 bits per heavy atom. The molecule has 0 saturated carbocycles. The maximum atomic E-state index is 11.9. The van der Waals surface area contributed by atoms with E-state index < -0.39 is 5.92 Å². The van der Waals surface area contributed by atoms with Crippen LogP contribution in [-0.4, -0.2) is 72.9 Å². The van der Waals surface area contributed by atoms with Crippen molar-refractivity contribution >= 4 is 17.9 Å². The smallest absolute Gasteiger partial charge is 0.305 e. The van der Waals surface area contributed by atoms with Gasteiger partial charge in [-0.05, 0) is 38.5 Å². The predicted molar refractivity (Wildman–Crippen MR) is 113 cm³/mol. The molecule has 0 aromatic heterocycles. The van der Waals surface area contributed by atoms with Gasteiger partial charge in [0.25, 0.3) is 0 Å². The van der Waals surface area contributed by atoms with Crippen LogP contribution in [0, 0.1) is 5.92 Å². The minimum Gasteiger partial charge on any atom is -0.465 e. The van der Waals surface area contributed by atoms with Gasteiger partial charge in [-0.2, -0.15) is 0 Å². The summed E-state index contributed by atoms with van der Waals surface area (Å²) in [6.45, 7) is 0.215. The number of rotatable bonds is 21. The largest absolute Gasteiger partial charge is 0.465 e. The Bertz CT molecular complexity index is 401. The van der Waals surface area contributed by atoms with Gasteiger partial charge < -0.3 is 29.5 Å². The average molecular weight is 449 g/mol. The summed E-state index contributed by atoms with van der Waals surface area (Å²) in [5, 5.41) is 26.3. The zero-order valence-electron chi connectivity index (χ0n) is 18.6. The van der Waals surface area contributed by atoms with Gasteiger partial charge in [-0.15, -0.1) is 0 Å². The summed E-state index contributed by atoms with van der Waals surface area (Å²) >= 11 is 0. The van der Waals surface area contributed by atoms with E-state index in [1.807, 2.05) is 0 Å². The third-order valence-corrected chi connectivity index (χ3v) is 4.56. The summed E-state index contributed by atoms with van der Waals surface area (Å²) in [5.41, 5.74) is 0. The van der Waals surface area contributed by atoms with Crippen LogP contribution in [-0.2, 0) is 28.6 Å². The van der Waals surface area contributed by atoms with E-state index in [0.29, 0.717) is 38.5 Å². The van der Waals surface area contributed by atoms with Gasteiger partial charge in [0.05, 0.1) is 5.92 Å². The Balaban J connectivity index is 4.34. The molecule has 0 aromatic rings. The fourth-order valence-corrected chi connectivity index (χ4v) is 2.67. The van der Waals surface area contributed by atoms with Gasteiger partial charge in [0, 0.05) is 39.1 Å². The van der Waals surface area contributed by atoms with Gasteiger partial charge in [-0.1, -0.05) is 19.3 Å². The Kier molecular flexibility index (Phi) is 20.3. The summed E-state index contributed by atoms with van der Waals surface area (Å²) in [6.07, 6.45) is 6.69. The van der Waals surface area contributed by atoms with Gasteiger partial charge >= 0.3 is 17.9 Å². The number of aliphatic hydroxyl groups is 3. The first-order valence-corrected chi connectivity index (χ1v) is 11.3. The molecule has 0 fully saturated rings. The first kappa shape index (κ1) is 29.3. The molecular formula is C22H40O9. The zero-order chi connectivity index (χ0) is 23.2. The third-order valence-electron chi connectivity index (χ3n) is 4.56. The van der Waals surface area contributed by atoms with Crippen LogP contribution in [0.2, 0.25) is 0 Å². The quantitative estimate of drug-likeness (QED) is 0.136. The molecule has 0 saturated heterocycles. The molecule has 0 atom stereocenters. The Labute approximate surface area is 185 Å². The fourth-order valence-electron chi connectivity index (χ4n) is 2.67. The van der Waals surface area contributed by atoms with E-state index in [2.05, 4.69) is 0 Å². The van der Waals surface area contributed by atoms with Crippen molar-refractivity contribution < 1.29 is 43.9 Å². The Hall–Kier alpha value is -1.71. The Morgan fingerprint density at radius 1 is 0.484 bits per heavy atom.